The van der Waals surface area contributed by atoms with Crippen molar-refractivity contribution in [2.75, 3.05) is 26.3 Å². The Labute approximate surface area is 238 Å². The maximum atomic E-state index is 11.7. The highest BCUT2D eigenvalue weighted by atomic mass is 35.5. The maximum absolute atomic E-state index is 11.7. The van der Waals surface area contributed by atoms with E-state index in [0.717, 1.165) is 11.3 Å². The number of carbonyl (C=O) groups excluding carboxylic acids is 1. The van der Waals surface area contributed by atoms with Gasteiger partial charge in [0.15, 0.2) is 0 Å². The molecule has 39 heavy (non-hydrogen) atoms. The molecule has 1 aliphatic rings. The molecule has 1 amide bonds. The zero-order valence-corrected chi connectivity index (χ0v) is 23.8. The fourth-order valence-electron chi connectivity index (χ4n) is 4.07. The SMILES string of the molecule is CC(C)(C)OC(=O)NCCNCc1ccc(OC[C@@H]2CO[C@@](Cn3ccnc3)(c3ccc(Cl)cc3Cl)O2)cc1. The van der Waals surface area contributed by atoms with Gasteiger partial charge in [-0.3, -0.25) is 0 Å². The van der Waals surface area contributed by atoms with Gasteiger partial charge in [-0.1, -0.05) is 41.4 Å². The van der Waals surface area contributed by atoms with Crippen LogP contribution in [0.25, 0.3) is 0 Å². The van der Waals surface area contributed by atoms with Crippen LogP contribution in [0.4, 0.5) is 4.79 Å². The monoisotopic (exact) mass is 576 g/mol. The van der Waals surface area contributed by atoms with E-state index in [2.05, 4.69) is 15.6 Å². The Hall–Kier alpha value is -2.82. The van der Waals surface area contributed by atoms with E-state index in [0.29, 0.717) is 55.0 Å². The molecule has 1 saturated heterocycles. The number of hydrogen-bond acceptors (Lipinski definition) is 7. The lowest BCUT2D eigenvalue weighted by atomic mass is 10.1. The highest BCUT2D eigenvalue weighted by Gasteiger charge is 2.45. The van der Waals surface area contributed by atoms with Crippen molar-refractivity contribution >= 4 is 29.3 Å². The summed E-state index contributed by atoms with van der Waals surface area (Å²) in [6.45, 7) is 8.28. The first kappa shape index (κ1) is 29.2. The Morgan fingerprint density at radius 3 is 2.67 bits per heavy atom. The number of alkyl carbamates (subject to hydrolysis) is 1. The lowest BCUT2D eigenvalue weighted by Crippen LogP contribution is -2.36. The van der Waals surface area contributed by atoms with Crippen molar-refractivity contribution in [3.63, 3.8) is 0 Å². The number of benzene rings is 2. The molecule has 3 aromatic rings. The topological polar surface area (TPSA) is 95.9 Å². The van der Waals surface area contributed by atoms with Crippen LogP contribution in [-0.2, 0) is 33.1 Å². The van der Waals surface area contributed by atoms with E-state index in [1.54, 1.807) is 24.7 Å². The number of amides is 1. The standard InChI is InChI=1S/C28H34Cl2N4O5/c1-27(2,3)39-26(35)33-11-10-31-15-20-4-7-22(8-5-20)36-16-23-17-37-28(38-23,18-34-13-12-32-19-34)24-9-6-21(29)14-25(24)30/h4-9,12-14,19,23,31H,10-11,15-18H2,1-3H3,(H,33,35)/t23-,28-/m1/s1. The second-order valence-electron chi connectivity index (χ2n) is 10.2. The summed E-state index contributed by atoms with van der Waals surface area (Å²) in [7, 11) is 0. The number of aromatic nitrogens is 2. The lowest BCUT2D eigenvalue weighted by Gasteiger charge is -2.30. The van der Waals surface area contributed by atoms with Crippen LogP contribution in [0.3, 0.4) is 0 Å². The fourth-order valence-corrected chi connectivity index (χ4v) is 4.62. The Morgan fingerprint density at radius 2 is 1.97 bits per heavy atom. The maximum Gasteiger partial charge on any atom is 0.407 e. The smallest absolute Gasteiger partial charge is 0.407 e. The van der Waals surface area contributed by atoms with E-state index < -0.39 is 17.5 Å². The summed E-state index contributed by atoms with van der Waals surface area (Å²) < 4.78 is 25.8. The highest BCUT2D eigenvalue weighted by molar-refractivity contribution is 6.35. The van der Waals surface area contributed by atoms with Gasteiger partial charge in [-0.25, -0.2) is 9.78 Å². The van der Waals surface area contributed by atoms with E-state index in [1.165, 1.54) is 0 Å². The largest absolute Gasteiger partial charge is 0.491 e. The molecular weight excluding hydrogens is 543 g/mol. The van der Waals surface area contributed by atoms with Crippen LogP contribution in [0.5, 0.6) is 5.75 Å². The summed E-state index contributed by atoms with van der Waals surface area (Å²) in [6, 6.07) is 13.1. The minimum Gasteiger partial charge on any atom is -0.491 e. The Morgan fingerprint density at radius 1 is 1.18 bits per heavy atom. The molecule has 2 atom stereocenters. The zero-order valence-electron chi connectivity index (χ0n) is 22.3. The summed E-state index contributed by atoms with van der Waals surface area (Å²) in [5.74, 6) is -0.366. The van der Waals surface area contributed by atoms with Crippen LogP contribution in [0.2, 0.25) is 10.0 Å². The number of halogens is 2. The number of carbonyl (C=O) groups is 1. The van der Waals surface area contributed by atoms with Crippen molar-refractivity contribution in [2.45, 2.75) is 51.4 Å². The number of ether oxygens (including phenoxy) is 4. The molecule has 1 aromatic heterocycles. The van der Waals surface area contributed by atoms with Crippen molar-refractivity contribution in [1.29, 1.82) is 0 Å². The molecule has 1 fully saturated rings. The molecular formula is C28H34Cl2N4O5. The van der Waals surface area contributed by atoms with Gasteiger partial charge < -0.3 is 34.1 Å². The zero-order chi connectivity index (χ0) is 27.9. The van der Waals surface area contributed by atoms with E-state index in [9.17, 15) is 4.79 Å². The van der Waals surface area contributed by atoms with Crippen LogP contribution in [-0.4, -0.2) is 53.7 Å². The van der Waals surface area contributed by atoms with E-state index in [4.69, 9.17) is 42.1 Å². The Balaban J connectivity index is 1.25. The number of nitrogens with one attached hydrogen (secondary N) is 2. The molecule has 0 saturated carbocycles. The van der Waals surface area contributed by atoms with Gasteiger partial charge in [0.1, 0.15) is 24.1 Å². The second-order valence-corrected chi connectivity index (χ2v) is 11.1. The van der Waals surface area contributed by atoms with Crippen molar-refractivity contribution in [3.05, 3.63) is 82.4 Å². The third-order valence-corrected chi connectivity index (χ3v) is 6.36. The van der Waals surface area contributed by atoms with Gasteiger partial charge in [0.05, 0.1) is 24.5 Å². The molecule has 210 valence electrons. The molecule has 2 aromatic carbocycles. The van der Waals surface area contributed by atoms with Crippen LogP contribution in [0, 0.1) is 0 Å². The first-order valence-electron chi connectivity index (χ1n) is 12.7. The van der Waals surface area contributed by atoms with Crippen molar-refractivity contribution in [1.82, 2.24) is 20.2 Å². The summed E-state index contributed by atoms with van der Waals surface area (Å²) in [4.78, 5) is 15.8. The molecule has 2 N–H and O–H groups in total. The van der Waals surface area contributed by atoms with Crippen molar-refractivity contribution in [3.8, 4) is 5.75 Å². The molecule has 0 radical (unpaired) electrons. The second kappa shape index (κ2) is 13.0. The fraction of sp³-hybridized carbons (Fsp3) is 0.429. The number of imidazole rings is 1. The third kappa shape index (κ3) is 8.58. The summed E-state index contributed by atoms with van der Waals surface area (Å²) in [5.41, 5.74) is 1.28. The Kier molecular flexibility index (Phi) is 9.74. The van der Waals surface area contributed by atoms with E-state index in [1.807, 2.05) is 61.9 Å². The first-order chi connectivity index (χ1) is 18.6. The lowest BCUT2D eigenvalue weighted by molar-refractivity contribution is -0.189. The predicted octanol–water partition coefficient (Wildman–Crippen LogP) is 5.15. The third-order valence-electron chi connectivity index (χ3n) is 5.81. The van der Waals surface area contributed by atoms with Crippen LogP contribution < -0.4 is 15.4 Å². The van der Waals surface area contributed by atoms with Gasteiger partial charge in [0, 0.05) is 42.6 Å². The summed E-state index contributed by atoms with van der Waals surface area (Å²) in [5, 5.41) is 7.03. The number of rotatable bonds is 11. The van der Waals surface area contributed by atoms with Gasteiger partial charge in [-0.15, -0.1) is 0 Å². The van der Waals surface area contributed by atoms with Gasteiger partial charge >= 0.3 is 6.09 Å². The summed E-state index contributed by atoms with van der Waals surface area (Å²) >= 11 is 12.7. The molecule has 0 spiro atoms. The average molecular weight is 578 g/mol. The van der Waals surface area contributed by atoms with E-state index >= 15 is 0 Å². The van der Waals surface area contributed by atoms with Gasteiger partial charge in [-0.2, -0.15) is 0 Å². The Bertz CT molecular complexity index is 1220. The number of hydrogen-bond donors (Lipinski definition) is 2. The van der Waals surface area contributed by atoms with Crippen molar-refractivity contribution in [2.24, 2.45) is 0 Å². The normalized spacial score (nSPS) is 19.2. The summed E-state index contributed by atoms with van der Waals surface area (Å²) in [6.07, 6.45) is 4.52. The first-order valence-corrected chi connectivity index (χ1v) is 13.5. The number of nitrogens with zero attached hydrogens (tertiary/aromatic N) is 2. The predicted molar refractivity (Wildman–Crippen MR) is 149 cm³/mol. The molecule has 1 aliphatic heterocycles. The minimum absolute atomic E-state index is 0.306. The van der Waals surface area contributed by atoms with Gasteiger partial charge in [0.2, 0.25) is 5.79 Å². The van der Waals surface area contributed by atoms with Crippen LogP contribution in [0.1, 0.15) is 31.9 Å². The molecule has 0 unspecified atom stereocenters. The molecule has 0 bridgehead atoms. The quantitative estimate of drug-likeness (QED) is 0.305. The molecule has 2 heterocycles. The average Bonchev–Trinajstić information content (AvgIpc) is 3.53. The molecule has 11 heteroatoms. The van der Waals surface area contributed by atoms with Gasteiger partial charge in [0.25, 0.3) is 0 Å². The van der Waals surface area contributed by atoms with Gasteiger partial charge in [-0.05, 0) is 50.6 Å². The molecule has 4 rings (SSSR count). The minimum atomic E-state index is -1.09. The van der Waals surface area contributed by atoms with Crippen LogP contribution in [0.15, 0.2) is 61.2 Å². The van der Waals surface area contributed by atoms with E-state index in [-0.39, 0.29) is 6.10 Å². The highest BCUT2D eigenvalue weighted by Crippen LogP contribution is 2.40. The van der Waals surface area contributed by atoms with Crippen molar-refractivity contribution < 1.29 is 23.7 Å². The molecule has 0 aliphatic carbocycles. The molecule has 9 nitrogen and oxygen atoms in total. The van der Waals surface area contributed by atoms with Crippen LogP contribution >= 0.6 is 23.2 Å².